The molecule has 2 rings (SSSR count). The number of thiocarbonyl (C=S) groups is 1. The van der Waals surface area contributed by atoms with Crippen LogP contribution in [0.4, 0.5) is 11.8 Å². The molecule has 21 heavy (non-hydrogen) atoms. The first-order valence-electron chi connectivity index (χ1n) is 7.43. The van der Waals surface area contributed by atoms with Gasteiger partial charge in [0.2, 0.25) is 5.95 Å². The van der Waals surface area contributed by atoms with Crippen LogP contribution >= 0.6 is 23.8 Å². The molecule has 1 atom stereocenters. The van der Waals surface area contributed by atoms with Gasteiger partial charge in [-0.2, -0.15) is 4.98 Å². The van der Waals surface area contributed by atoms with Gasteiger partial charge < -0.3 is 15.5 Å². The summed E-state index contributed by atoms with van der Waals surface area (Å²) in [7, 11) is 0. The van der Waals surface area contributed by atoms with Gasteiger partial charge in [-0.25, -0.2) is 4.98 Å². The highest BCUT2D eigenvalue weighted by Crippen LogP contribution is 2.24. The highest BCUT2D eigenvalue weighted by atomic mass is 35.5. The SMILES string of the molecule is CCCNC(=S)Nc1nc(Cl)cc(N2CCC[C@@H](C)C2)n1. The van der Waals surface area contributed by atoms with Gasteiger partial charge in [0, 0.05) is 25.7 Å². The van der Waals surface area contributed by atoms with E-state index in [0.717, 1.165) is 31.9 Å². The summed E-state index contributed by atoms with van der Waals surface area (Å²) in [6.07, 6.45) is 3.46. The number of hydrogen-bond acceptors (Lipinski definition) is 4. The van der Waals surface area contributed by atoms with Gasteiger partial charge in [-0.3, -0.25) is 0 Å². The quantitative estimate of drug-likeness (QED) is 0.655. The maximum Gasteiger partial charge on any atom is 0.232 e. The number of rotatable bonds is 4. The van der Waals surface area contributed by atoms with Crippen molar-refractivity contribution in [1.29, 1.82) is 0 Å². The van der Waals surface area contributed by atoms with Crippen LogP contribution < -0.4 is 15.5 Å². The maximum absolute atomic E-state index is 6.11. The summed E-state index contributed by atoms with van der Waals surface area (Å²) in [6.45, 7) is 7.18. The molecule has 0 aliphatic carbocycles. The van der Waals surface area contributed by atoms with Crippen LogP contribution in [0.3, 0.4) is 0 Å². The average molecular weight is 328 g/mol. The molecule has 1 aliphatic rings. The second-order valence-corrected chi connectivity index (χ2v) is 6.24. The number of aromatic nitrogens is 2. The van der Waals surface area contributed by atoms with Crippen LogP contribution in [0.1, 0.15) is 33.1 Å². The highest BCUT2D eigenvalue weighted by Gasteiger charge is 2.19. The van der Waals surface area contributed by atoms with Crippen LogP contribution in [0.5, 0.6) is 0 Å². The summed E-state index contributed by atoms with van der Waals surface area (Å²) < 4.78 is 0. The van der Waals surface area contributed by atoms with Crippen molar-refractivity contribution in [2.45, 2.75) is 33.1 Å². The standard InChI is InChI=1S/C14H22ClN5S/c1-3-6-16-14(21)19-13-17-11(15)8-12(18-13)20-7-4-5-10(2)9-20/h8,10H,3-7,9H2,1-2H3,(H2,16,17,18,19,21)/t10-/m1/s1. The minimum absolute atomic E-state index is 0.430. The minimum Gasteiger partial charge on any atom is -0.362 e. The third kappa shape index (κ3) is 4.97. The van der Waals surface area contributed by atoms with Crippen molar-refractivity contribution in [2.24, 2.45) is 5.92 Å². The van der Waals surface area contributed by atoms with Gasteiger partial charge in [-0.05, 0) is 37.4 Å². The van der Waals surface area contributed by atoms with Crippen LogP contribution in [0.25, 0.3) is 0 Å². The molecule has 0 amide bonds. The Bertz CT molecular complexity index is 496. The largest absolute Gasteiger partial charge is 0.362 e. The Morgan fingerprint density at radius 1 is 1.52 bits per heavy atom. The molecule has 1 aliphatic heterocycles. The highest BCUT2D eigenvalue weighted by molar-refractivity contribution is 7.80. The van der Waals surface area contributed by atoms with Crippen LogP contribution in [0.15, 0.2) is 6.07 Å². The smallest absolute Gasteiger partial charge is 0.232 e. The van der Waals surface area contributed by atoms with Gasteiger partial charge in [-0.1, -0.05) is 25.4 Å². The van der Waals surface area contributed by atoms with E-state index in [-0.39, 0.29) is 0 Å². The Labute approximate surface area is 136 Å². The predicted octanol–water partition coefficient (Wildman–Crippen LogP) is 3.06. The van der Waals surface area contributed by atoms with Gasteiger partial charge >= 0.3 is 0 Å². The summed E-state index contributed by atoms with van der Waals surface area (Å²) in [5.74, 6) is 1.99. The molecule has 0 radical (unpaired) electrons. The van der Waals surface area contributed by atoms with Crippen LogP contribution in [0.2, 0.25) is 5.15 Å². The Morgan fingerprint density at radius 3 is 3.05 bits per heavy atom. The molecule has 0 unspecified atom stereocenters. The lowest BCUT2D eigenvalue weighted by molar-refractivity contribution is 0.444. The lowest BCUT2D eigenvalue weighted by Crippen LogP contribution is -2.35. The Kier molecular flexibility index (Phi) is 5.99. The molecule has 1 aromatic heterocycles. The fourth-order valence-electron chi connectivity index (χ4n) is 2.41. The van der Waals surface area contributed by atoms with Crippen molar-refractivity contribution in [3.63, 3.8) is 0 Å². The molecule has 0 spiro atoms. The van der Waals surface area contributed by atoms with Gasteiger partial charge in [-0.15, -0.1) is 0 Å². The van der Waals surface area contributed by atoms with Crippen LogP contribution in [-0.4, -0.2) is 34.7 Å². The van der Waals surface area contributed by atoms with Gasteiger partial charge in [0.05, 0.1) is 0 Å². The molecule has 2 heterocycles. The fourth-order valence-corrected chi connectivity index (χ4v) is 2.78. The molecule has 116 valence electrons. The Hall–Kier alpha value is -1.14. The van der Waals surface area contributed by atoms with E-state index in [1.807, 2.05) is 6.07 Å². The zero-order valence-corrected chi connectivity index (χ0v) is 14.1. The molecular formula is C14H22ClN5S. The zero-order valence-electron chi connectivity index (χ0n) is 12.5. The topological polar surface area (TPSA) is 53.1 Å². The molecule has 0 saturated carbocycles. The number of halogens is 1. The first-order chi connectivity index (χ1) is 10.1. The lowest BCUT2D eigenvalue weighted by Gasteiger charge is -2.32. The normalized spacial score (nSPS) is 18.4. The van der Waals surface area contributed by atoms with Crippen molar-refractivity contribution in [2.75, 3.05) is 29.9 Å². The van der Waals surface area contributed by atoms with Crippen LogP contribution in [-0.2, 0) is 0 Å². The molecule has 0 aromatic carbocycles. The van der Waals surface area contributed by atoms with E-state index in [1.54, 1.807) is 0 Å². The monoisotopic (exact) mass is 327 g/mol. The van der Waals surface area contributed by atoms with E-state index in [2.05, 4.69) is 39.3 Å². The summed E-state index contributed by atoms with van der Waals surface area (Å²) in [4.78, 5) is 11.0. The fraction of sp³-hybridized carbons (Fsp3) is 0.643. The summed E-state index contributed by atoms with van der Waals surface area (Å²) in [5, 5.41) is 7.04. The molecule has 2 N–H and O–H groups in total. The van der Waals surface area contributed by atoms with Crippen LogP contribution in [0, 0.1) is 5.92 Å². The second-order valence-electron chi connectivity index (χ2n) is 5.45. The number of nitrogens with one attached hydrogen (secondary N) is 2. The summed E-state index contributed by atoms with van der Waals surface area (Å²) in [5.41, 5.74) is 0. The average Bonchev–Trinajstić information content (AvgIpc) is 2.44. The minimum atomic E-state index is 0.430. The van der Waals surface area contributed by atoms with Gasteiger partial charge in [0.25, 0.3) is 0 Å². The van der Waals surface area contributed by atoms with E-state index in [0.29, 0.717) is 22.1 Å². The number of piperidine rings is 1. The van der Waals surface area contributed by atoms with E-state index >= 15 is 0 Å². The molecular weight excluding hydrogens is 306 g/mol. The molecule has 1 fully saturated rings. The van der Waals surface area contributed by atoms with E-state index in [4.69, 9.17) is 23.8 Å². The second kappa shape index (κ2) is 7.75. The molecule has 7 heteroatoms. The van der Waals surface area contributed by atoms with Crippen molar-refractivity contribution in [3.05, 3.63) is 11.2 Å². The van der Waals surface area contributed by atoms with E-state index in [9.17, 15) is 0 Å². The number of nitrogens with zero attached hydrogens (tertiary/aromatic N) is 3. The maximum atomic E-state index is 6.11. The lowest BCUT2D eigenvalue weighted by atomic mass is 10.0. The third-order valence-electron chi connectivity index (χ3n) is 3.42. The first-order valence-corrected chi connectivity index (χ1v) is 8.21. The Morgan fingerprint density at radius 2 is 2.33 bits per heavy atom. The number of hydrogen-bond donors (Lipinski definition) is 2. The molecule has 5 nitrogen and oxygen atoms in total. The van der Waals surface area contributed by atoms with Gasteiger partial charge in [0.15, 0.2) is 5.11 Å². The number of anilines is 2. The molecule has 0 bridgehead atoms. The van der Waals surface area contributed by atoms with Gasteiger partial charge in [0.1, 0.15) is 11.0 Å². The molecule has 1 saturated heterocycles. The van der Waals surface area contributed by atoms with E-state index < -0.39 is 0 Å². The van der Waals surface area contributed by atoms with Crippen molar-refractivity contribution in [1.82, 2.24) is 15.3 Å². The van der Waals surface area contributed by atoms with Crippen molar-refractivity contribution >= 4 is 40.7 Å². The van der Waals surface area contributed by atoms with Crippen molar-refractivity contribution < 1.29 is 0 Å². The third-order valence-corrected chi connectivity index (χ3v) is 3.86. The molecule has 1 aromatic rings. The van der Waals surface area contributed by atoms with E-state index in [1.165, 1.54) is 12.8 Å². The summed E-state index contributed by atoms with van der Waals surface area (Å²) >= 11 is 11.3. The Balaban J connectivity index is 2.07. The summed E-state index contributed by atoms with van der Waals surface area (Å²) in [6, 6.07) is 1.81. The van der Waals surface area contributed by atoms with Crippen molar-refractivity contribution in [3.8, 4) is 0 Å². The first kappa shape index (κ1) is 16.2. The predicted molar refractivity (Wildman–Crippen MR) is 92.2 cm³/mol. The zero-order chi connectivity index (χ0) is 15.2.